The first kappa shape index (κ1) is 21.6. The van der Waals surface area contributed by atoms with E-state index in [-0.39, 0.29) is 59.8 Å². The molecule has 2 atom stereocenters. The Morgan fingerprint density at radius 3 is 2.37 bits per heavy atom. The van der Waals surface area contributed by atoms with E-state index in [1.165, 1.54) is 29.4 Å². The van der Waals surface area contributed by atoms with Gasteiger partial charge in [0.25, 0.3) is 5.91 Å². The van der Waals surface area contributed by atoms with E-state index in [4.69, 9.17) is 16.3 Å². The van der Waals surface area contributed by atoms with Gasteiger partial charge in [-0.1, -0.05) is 11.6 Å². The van der Waals surface area contributed by atoms with Gasteiger partial charge in [-0.25, -0.2) is 8.42 Å². The molecule has 150 valence electrons. The SMILES string of the molecule is CC(=O)NCCNC(=O)c1ccc(Cl)c(S(=O)(=O)N2C[C@H](C)O[C@@H](C)C2)c1. The van der Waals surface area contributed by atoms with Crippen molar-refractivity contribution in [2.24, 2.45) is 0 Å². The van der Waals surface area contributed by atoms with Crippen LogP contribution in [0.4, 0.5) is 0 Å². The maximum absolute atomic E-state index is 13.0. The predicted octanol–water partition coefficient (Wildman–Crippen LogP) is 1.00. The number of benzene rings is 1. The van der Waals surface area contributed by atoms with E-state index in [1.54, 1.807) is 13.8 Å². The second-order valence-corrected chi connectivity index (χ2v) is 8.78. The fraction of sp³-hybridized carbons (Fsp3) is 0.529. The molecule has 0 aromatic heterocycles. The zero-order chi connectivity index (χ0) is 20.2. The summed E-state index contributed by atoms with van der Waals surface area (Å²) in [5, 5.41) is 5.23. The highest BCUT2D eigenvalue weighted by Crippen LogP contribution is 2.28. The molecule has 1 aromatic carbocycles. The molecule has 1 aliphatic rings. The van der Waals surface area contributed by atoms with Crippen molar-refractivity contribution in [3.63, 3.8) is 0 Å². The van der Waals surface area contributed by atoms with Crippen LogP contribution < -0.4 is 10.6 Å². The van der Waals surface area contributed by atoms with Gasteiger partial charge in [-0.3, -0.25) is 9.59 Å². The molecule has 27 heavy (non-hydrogen) atoms. The summed E-state index contributed by atoms with van der Waals surface area (Å²) in [6.07, 6.45) is -0.467. The standard InChI is InChI=1S/C17H24ClN3O5S/c1-11-9-21(10-12(2)26-11)27(24,25)16-8-14(4-5-15(16)18)17(23)20-7-6-19-13(3)22/h4-5,8,11-12H,6-7,9-10H2,1-3H3,(H,19,22)(H,20,23)/t11-,12-/m0/s1. The molecule has 1 aliphatic heterocycles. The van der Waals surface area contributed by atoms with Gasteiger partial charge < -0.3 is 15.4 Å². The second kappa shape index (κ2) is 9.01. The molecule has 1 fully saturated rings. The van der Waals surface area contributed by atoms with Gasteiger partial charge in [-0.2, -0.15) is 4.31 Å². The topological polar surface area (TPSA) is 105 Å². The third-order valence-electron chi connectivity index (χ3n) is 3.98. The second-order valence-electron chi connectivity index (χ2n) is 6.46. The first-order valence-corrected chi connectivity index (χ1v) is 10.4. The number of hydrogen-bond acceptors (Lipinski definition) is 5. The summed E-state index contributed by atoms with van der Waals surface area (Å²) in [4.78, 5) is 23.0. The van der Waals surface area contributed by atoms with Crippen LogP contribution in [0.25, 0.3) is 0 Å². The largest absolute Gasteiger partial charge is 0.373 e. The minimum absolute atomic E-state index is 0.0524. The van der Waals surface area contributed by atoms with E-state index < -0.39 is 15.9 Å². The maximum atomic E-state index is 13.0. The van der Waals surface area contributed by atoms with Gasteiger partial charge in [0.1, 0.15) is 4.90 Å². The van der Waals surface area contributed by atoms with Gasteiger partial charge in [-0.15, -0.1) is 0 Å². The van der Waals surface area contributed by atoms with Crippen LogP contribution >= 0.6 is 11.6 Å². The van der Waals surface area contributed by atoms with Crippen LogP contribution in [0, 0.1) is 0 Å². The van der Waals surface area contributed by atoms with E-state index in [9.17, 15) is 18.0 Å². The molecule has 0 unspecified atom stereocenters. The van der Waals surface area contributed by atoms with Gasteiger partial charge in [0.05, 0.1) is 17.2 Å². The summed E-state index contributed by atoms with van der Waals surface area (Å²) in [6, 6.07) is 4.13. The van der Waals surface area contributed by atoms with Gasteiger partial charge in [0.15, 0.2) is 0 Å². The minimum Gasteiger partial charge on any atom is -0.373 e. The van der Waals surface area contributed by atoms with Gasteiger partial charge in [0.2, 0.25) is 15.9 Å². The normalized spacial score (nSPS) is 20.9. The Hall–Kier alpha value is -1.68. The lowest BCUT2D eigenvalue weighted by molar-refractivity contribution is -0.118. The van der Waals surface area contributed by atoms with E-state index in [2.05, 4.69) is 10.6 Å². The van der Waals surface area contributed by atoms with Crippen molar-refractivity contribution >= 4 is 33.4 Å². The van der Waals surface area contributed by atoms with Crippen LogP contribution in [0.15, 0.2) is 23.1 Å². The molecular formula is C17H24ClN3O5S. The number of nitrogens with one attached hydrogen (secondary N) is 2. The van der Waals surface area contributed by atoms with Crippen molar-refractivity contribution in [3.8, 4) is 0 Å². The van der Waals surface area contributed by atoms with Crippen LogP contribution in [0.3, 0.4) is 0 Å². The van der Waals surface area contributed by atoms with Crippen molar-refractivity contribution in [1.29, 1.82) is 0 Å². The number of hydrogen-bond donors (Lipinski definition) is 2. The lowest BCUT2D eigenvalue weighted by Crippen LogP contribution is -2.48. The van der Waals surface area contributed by atoms with Gasteiger partial charge >= 0.3 is 0 Å². The Morgan fingerprint density at radius 2 is 1.78 bits per heavy atom. The quantitative estimate of drug-likeness (QED) is 0.672. The number of carbonyl (C=O) groups is 2. The zero-order valence-electron chi connectivity index (χ0n) is 15.5. The summed E-state index contributed by atoms with van der Waals surface area (Å²) in [6.45, 7) is 5.93. The van der Waals surface area contributed by atoms with Crippen molar-refractivity contribution in [3.05, 3.63) is 28.8 Å². The molecule has 0 radical (unpaired) electrons. The average molecular weight is 418 g/mol. The molecule has 2 rings (SSSR count). The third-order valence-corrected chi connectivity index (χ3v) is 6.30. The Balaban J connectivity index is 2.18. The van der Waals surface area contributed by atoms with Crippen molar-refractivity contribution < 1.29 is 22.7 Å². The van der Waals surface area contributed by atoms with Gasteiger partial charge in [-0.05, 0) is 32.0 Å². The van der Waals surface area contributed by atoms with Crippen LogP contribution in [-0.4, -0.2) is 62.9 Å². The molecule has 0 aliphatic carbocycles. The summed E-state index contributed by atoms with van der Waals surface area (Å²) < 4.78 is 32.9. The molecule has 0 saturated carbocycles. The first-order valence-electron chi connectivity index (χ1n) is 8.59. The van der Waals surface area contributed by atoms with Gasteiger partial charge in [0, 0.05) is 38.7 Å². The van der Waals surface area contributed by atoms with E-state index in [0.29, 0.717) is 0 Å². The third kappa shape index (κ3) is 5.65. The zero-order valence-corrected chi connectivity index (χ0v) is 17.1. The number of rotatable bonds is 6. The smallest absolute Gasteiger partial charge is 0.251 e. The van der Waals surface area contributed by atoms with Crippen molar-refractivity contribution in [2.75, 3.05) is 26.2 Å². The minimum atomic E-state index is -3.87. The molecule has 0 bridgehead atoms. The molecule has 0 spiro atoms. The molecule has 1 saturated heterocycles. The Morgan fingerprint density at radius 1 is 1.19 bits per heavy atom. The van der Waals surface area contributed by atoms with E-state index in [1.807, 2.05) is 0 Å². The molecule has 2 amide bonds. The molecule has 8 nitrogen and oxygen atoms in total. The number of halogens is 1. The fourth-order valence-corrected chi connectivity index (χ4v) is 4.92. The highest BCUT2D eigenvalue weighted by Gasteiger charge is 2.33. The van der Waals surface area contributed by atoms with Crippen LogP contribution in [-0.2, 0) is 19.6 Å². The van der Waals surface area contributed by atoms with Crippen LogP contribution in [0.2, 0.25) is 5.02 Å². The summed E-state index contributed by atoms with van der Waals surface area (Å²) in [5.74, 6) is -0.643. The fourth-order valence-electron chi connectivity index (χ4n) is 2.82. The number of amides is 2. The van der Waals surface area contributed by atoms with Crippen molar-refractivity contribution in [1.82, 2.24) is 14.9 Å². The maximum Gasteiger partial charge on any atom is 0.251 e. The van der Waals surface area contributed by atoms with E-state index >= 15 is 0 Å². The van der Waals surface area contributed by atoms with E-state index in [0.717, 1.165) is 0 Å². The number of morpholine rings is 1. The Kier molecular flexibility index (Phi) is 7.21. The molecular weight excluding hydrogens is 394 g/mol. The number of sulfonamides is 1. The number of nitrogens with zero attached hydrogens (tertiary/aromatic N) is 1. The van der Waals surface area contributed by atoms with Crippen molar-refractivity contribution in [2.45, 2.75) is 37.9 Å². The van der Waals surface area contributed by atoms with Crippen LogP contribution in [0.1, 0.15) is 31.1 Å². The predicted molar refractivity (Wildman–Crippen MR) is 101 cm³/mol. The monoisotopic (exact) mass is 417 g/mol. The lowest BCUT2D eigenvalue weighted by atomic mass is 10.2. The highest BCUT2D eigenvalue weighted by molar-refractivity contribution is 7.89. The first-order chi connectivity index (χ1) is 12.6. The summed E-state index contributed by atoms with van der Waals surface area (Å²) >= 11 is 6.12. The summed E-state index contributed by atoms with van der Waals surface area (Å²) in [7, 11) is -3.87. The Bertz CT molecular complexity index is 805. The Labute approximate surface area is 164 Å². The number of ether oxygens (including phenoxy) is 1. The highest BCUT2D eigenvalue weighted by atomic mass is 35.5. The number of carbonyl (C=O) groups excluding carboxylic acids is 2. The van der Waals surface area contributed by atoms with Crippen LogP contribution in [0.5, 0.6) is 0 Å². The molecule has 10 heteroatoms. The summed E-state index contributed by atoms with van der Waals surface area (Å²) in [5.41, 5.74) is 0.176. The average Bonchev–Trinajstić information content (AvgIpc) is 2.57. The molecule has 1 heterocycles. The molecule has 1 aromatic rings. The molecule has 2 N–H and O–H groups in total. The lowest BCUT2D eigenvalue weighted by Gasteiger charge is -2.34.